The Labute approximate surface area is 103 Å². The molecule has 3 N–H and O–H groups in total. The summed E-state index contributed by atoms with van der Waals surface area (Å²) < 4.78 is 13.4. The van der Waals surface area contributed by atoms with Crippen molar-refractivity contribution in [3.63, 3.8) is 0 Å². The number of nitrogens with one attached hydrogen (secondary N) is 1. The highest BCUT2D eigenvalue weighted by atomic mass is 32.1. The Morgan fingerprint density at radius 1 is 1.59 bits per heavy atom. The van der Waals surface area contributed by atoms with Gasteiger partial charge in [-0.1, -0.05) is 6.07 Å². The molecule has 0 amide bonds. The zero-order valence-electron chi connectivity index (χ0n) is 9.35. The first kappa shape index (κ1) is 11.8. The molecule has 2 aromatic rings. The van der Waals surface area contributed by atoms with Gasteiger partial charge in [0.1, 0.15) is 0 Å². The maximum Gasteiger partial charge on any atom is 0.222 e. The summed E-state index contributed by atoms with van der Waals surface area (Å²) in [7, 11) is 0. The van der Waals surface area contributed by atoms with Gasteiger partial charge in [0.25, 0.3) is 0 Å². The van der Waals surface area contributed by atoms with Crippen molar-refractivity contribution in [3.05, 3.63) is 34.4 Å². The van der Waals surface area contributed by atoms with Crippen LogP contribution in [-0.4, -0.2) is 16.0 Å². The molecule has 1 atom stereocenters. The molecule has 0 fully saturated rings. The largest absolute Gasteiger partial charge is 0.368 e. The Kier molecular flexibility index (Phi) is 3.53. The molecule has 2 aromatic heterocycles. The first-order valence-corrected chi connectivity index (χ1v) is 6.10. The van der Waals surface area contributed by atoms with Gasteiger partial charge in [0.05, 0.1) is 6.20 Å². The van der Waals surface area contributed by atoms with Gasteiger partial charge in [-0.2, -0.15) is 4.98 Å². The van der Waals surface area contributed by atoms with Crippen LogP contribution in [0, 0.1) is 5.82 Å². The number of aromatic nitrogens is 2. The lowest BCUT2D eigenvalue weighted by Crippen LogP contribution is -2.19. The number of nitrogens with zero attached hydrogens (tertiary/aromatic N) is 2. The molecule has 0 aliphatic carbocycles. The molecular weight excluding hydrogens is 239 g/mol. The van der Waals surface area contributed by atoms with Crippen molar-refractivity contribution in [1.29, 1.82) is 0 Å². The molecule has 2 heterocycles. The Morgan fingerprint density at radius 2 is 2.41 bits per heavy atom. The van der Waals surface area contributed by atoms with Gasteiger partial charge in [-0.3, -0.25) is 0 Å². The maximum atomic E-state index is 13.4. The van der Waals surface area contributed by atoms with Crippen LogP contribution < -0.4 is 11.1 Å². The number of hydrogen-bond donors (Lipinski definition) is 2. The Bertz CT molecular complexity index is 486. The first-order valence-electron chi connectivity index (χ1n) is 5.22. The molecule has 0 saturated heterocycles. The number of halogens is 1. The summed E-state index contributed by atoms with van der Waals surface area (Å²) in [5.74, 6) is -0.268. The predicted octanol–water partition coefficient (Wildman–Crippen LogP) is 2.30. The molecule has 1 unspecified atom stereocenters. The van der Waals surface area contributed by atoms with Gasteiger partial charge in [-0.05, 0) is 18.4 Å². The van der Waals surface area contributed by atoms with E-state index in [1.165, 1.54) is 4.88 Å². The number of nitrogens with two attached hydrogens (primary N) is 1. The van der Waals surface area contributed by atoms with Gasteiger partial charge in [0.15, 0.2) is 11.6 Å². The van der Waals surface area contributed by atoms with E-state index in [0.29, 0.717) is 0 Å². The van der Waals surface area contributed by atoms with Gasteiger partial charge in [-0.25, -0.2) is 9.37 Å². The Balaban J connectivity index is 2.02. The van der Waals surface area contributed by atoms with E-state index >= 15 is 0 Å². The molecule has 4 nitrogen and oxygen atoms in total. The quantitative estimate of drug-likeness (QED) is 0.876. The van der Waals surface area contributed by atoms with Gasteiger partial charge in [0.2, 0.25) is 5.95 Å². The number of anilines is 2. The normalized spacial score (nSPS) is 12.4. The number of thiophene rings is 1. The molecule has 0 spiro atoms. The zero-order valence-corrected chi connectivity index (χ0v) is 10.2. The summed E-state index contributed by atoms with van der Waals surface area (Å²) in [5.41, 5.74) is 5.41. The second kappa shape index (κ2) is 5.09. The second-order valence-electron chi connectivity index (χ2n) is 3.75. The fraction of sp³-hybridized carbons (Fsp3) is 0.273. The van der Waals surface area contributed by atoms with Crippen LogP contribution in [0.4, 0.5) is 16.2 Å². The van der Waals surface area contributed by atoms with E-state index in [2.05, 4.69) is 15.3 Å². The predicted molar refractivity (Wildman–Crippen MR) is 67.5 cm³/mol. The molecule has 0 bridgehead atoms. The van der Waals surface area contributed by atoms with Crippen LogP contribution in [0.1, 0.15) is 11.8 Å². The lowest BCUT2D eigenvalue weighted by Gasteiger charge is -2.13. The minimum absolute atomic E-state index is 0.0669. The monoisotopic (exact) mass is 252 g/mol. The Morgan fingerprint density at radius 3 is 3.12 bits per heavy atom. The van der Waals surface area contributed by atoms with Gasteiger partial charge >= 0.3 is 0 Å². The Hall–Kier alpha value is -1.69. The van der Waals surface area contributed by atoms with Crippen molar-refractivity contribution in [1.82, 2.24) is 9.97 Å². The summed E-state index contributed by atoms with van der Waals surface area (Å²) in [4.78, 5) is 8.65. The van der Waals surface area contributed by atoms with Gasteiger partial charge in [-0.15, -0.1) is 11.3 Å². The molecule has 17 heavy (non-hydrogen) atoms. The van der Waals surface area contributed by atoms with Crippen LogP contribution in [0.2, 0.25) is 0 Å². The summed E-state index contributed by atoms with van der Waals surface area (Å²) in [5, 5.41) is 5.01. The van der Waals surface area contributed by atoms with Crippen LogP contribution in [0.3, 0.4) is 0 Å². The fourth-order valence-corrected chi connectivity index (χ4v) is 2.33. The third-order valence-electron chi connectivity index (χ3n) is 2.23. The van der Waals surface area contributed by atoms with E-state index in [9.17, 15) is 4.39 Å². The average molecular weight is 252 g/mol. The van der Waals surface area contributed by atoms with Crippen molar-refractivity contribution in [2.75, 3.05) is 11.1 Å². The highest BCUT2D eigenvalue weighted by Gasteiger charge is 2.10. The zero-order chi connectivity index (χ0) is 12.3. The van der Waals surface area contributed by atoms with Crippen LogP contribution in [-0.2, 0) is 6.42 Å². The number of rotatable bonds is 4. The minimum Gasteiger partial charge on any atom is -0.368 e. The standard InChI is InChI=1S/C11H13FN4S/c1-7(5-8-3-2-4-17-8)15-10-9(12)6-14-11(13)16-10/h2-4,6-7H,5H2,1H3,(H3,13,14,15,16). The maximum absolute atomic E-state index is 13.4. The SMILES string of the molecule is CC(Cc1cccs1)Nc1nc(N)ncc1F. The average Bonchev–Trinajstić information content (AvgIpc) is 2.76. The minimum atomic E-state index is -0.489. The van der Waals surface area contributed by atoms with Crippen LogP contribution in [0.25, 0.3) is 0 Å². The second-order valence-corrected chi connectivity index (χ2v) is 4.79. The van der Waals surface area contributed by atoms with Crippen molar-refractivity contribution in [3.8, 4) is 0 Å². The molecule has 6 heteroatoms. The lowest BCUT2D eigenvalue weighted by atomic mass is 10.2. The summed E-state index contributed by atoms with van der Waals surface area (Å²) >= 11 is 1.68. The van der Waals surface area contributed by atoms with Crippen molar-refractivity contribution in [2.24, 2.45) is 0 Å². The summed E-state index contributed by atoms with van der Waals surface area (Å²) in [6.45, 7) is 1.97. The smallest absolute Gasteiger partial charge is 0.222 e. The number of nitrogen functional groups attached to an aromatic ring is 1. The van der Waals surface area contributed by atoms with Crippen LogP contribution in [0.5, 0.6) is 0 Å². The lowest BCUT2D eigenvalue weighted by molar-refractivity contribution is 0.613. The molecule has 0 saturated carbocycles. The molecule has 2 rings (SSSR count). The van der Waals surface area contributed by atoms with Gasteiger partial charge < -0.3 is 11.1 Å². The van der Waals surface area contributed by atoms with E-state index in [4.69, 9.17) is 5.73 Å². The van der Waals surface area contributed by atoms with Crippen molar-refractivity contribution in [2.45, 2.75) is 19.4 Å². The van der Waals surface area contributed by atoms with Crippen LogP contribution in [0.15, 0.2) is 23.7 Å². The van der Waals surface area contributed by atoms with E-state index in [0.717, 1.165) is 12.6 Å². The molecule has 0 aliphatic heterocycles. The third-order valence-corrected chi connectivity index (χ3v) is 3.13. The highest BCUT2D eigenvalue weighted by Crippen LogP contribution is 2.15. The first-order chi connectivity index (χ1) is 8.15. The summed E-state index contributed by atoms with van der Waals surface area (Å²) in [6, 6.07) is 4.13. The fourth-order valence-electron chi connectivity index (χ4n) is 1.50. The van der Waals surface area contributed by atoms with E-state index in [1.54, 1.807) is 11.3 Å². The number of hydrogen-bond acceptors (Lipinski definition) is 5. The van der Waals surface area contributed by atoms with E-state index in [-0.39, 0.29) is 17.8 Å². The van der Waals surface area contributed by atoms with E-state index in [1.807, 2.05) is 24.4 Å². The van der Waals surface area contributed by atoms with Crippen molar-refractivity contribution >= 4 is 23.1 Å². The molecule has 90 valence electrons. The summed E-state index contributed by atoms with van der Waals surface area (Å²) in [6.07, 6.45) is 1.89. The molecule has 0 radical (unpaired) electrons. The van der Waals surface area contributed by atoms with Crippen LogP contribution >= 0.6 is 11.3 Å². The molecular formula is C11H13FN4S. The topological polar surface area (TPSA) is 63.8 Å². The molecule has 0 aromatic carbocycles. The highest BCUT2D eigenvalue weighted by molar-refractivity contribution is 7.09. The van der Waals surface area contributed by atoms with E-state index < -0.39 is 5.82 Å². The van der Waals surface area contributed by atoms with Gasteiger partial charge in [0, 0.05) is 17.3 Å². The molecule has 0 aliphatic rings. The van der Waals surface area contributed by atoms with Crippen molar-refractivity contribution < 1.29 is 4.39 Å². The third kappa shape index (κ3) is 3.13.